The molecule has 3 N–H and O–H groups in total. The maximum atomic E-state index is 5.89. The van der Waals surface area contributed by atoms with Gasteiger partial charge >= 0.3 is 0 Å². The molecular weight excluding hydrogens is 262 g/mol. The van der Waals surface area contributed by atoms with E-state index in [1.807, 2.05) is 12.3 Å². The molecule has 0 spiro atoms. The number of hydrogen-bond acceptors (Lipinski definition) is 4. The van der Waals surface area contributed by atoms with Gasteiger partial charge in [-0.05, 0) is 42.7 Å². The lowest BCUT2D eigenvalue weighted by Crippen LogP contribution is -2.31. The number of hydrogen-bond donors (Lipinski definition) is 2. The first kappa shape index (κ1) is 16.2. The van der Waals surface area contributed by atoms with Crippen molar-refractivity contribution in [3.8, 4) is 0 Å². The fourth-order valence-corrected chi connectivity index (χ4v) is 2.60. The zero-order valence-electron chi connectivity index (χ0n) is 13.6. The van der Waals surface area contributed by atoms with E-state index >= 15 is 0 Å². The molecule has 21 heavy (non-hydrogen) atoms. The molecule has 118 valence electrons. The summed E-state index contributed by atoms with van der Waals surface area (Å²) in [6.45, 7) is 8.11. The van der Waals surface area contributed by atoms with E-state index in [0.717, 1.165) is 44.7 Å². The first-order valence-corrected chi connectivity index (χ1v) is 8.03. The first-order valence-electron chi connectivity index (χ1n) is 8.03. The molecule has 0 aromatic carbocycles. The average Bonchev–Trinajstić information content (AvgIpc) is 2.45. The van der Waals surface area contributed by atoms with Gasteiger partial charge in [-0.15, -0.1) is 0 Å². The van der Waals surface area contributed by atoms with Crippen LogP contribution in [-0.2, 0) is 10.2 Å². The number of nitrogens with zero attached hydrogens (tertiary/aromatic N) is 1. The van der Waals surface area contributed by atoms with Gasteiger partial charge in [-0.2, -0.15) is 0 Å². The molecule has 0 saturated heterocycles. The molecule has 1 aromatic rings. The van der Waals surface area contributed by atoms with E-state index in [1.165, 1.54) is 5.56 Å². The van der Waals surface area contributed by atoms with Crippen molar-refractivity contribution < 1.29 is 4.74 Å². The molecule has 1 aliphatic rings. The van der Waals surface area contributed by atoms with Crippen molar-refractivity contribution in [1.82, 2.24) is 4.98 Å². The Labute approximate surface area is 128 Å². The number of pyridine rings is 1. The van der Waals surface area contributed by atoms with Gasteiger partial charge < -0.3 is 15.8 Å². The summed E-state index contributed by atoms with van der Waals surface area (Å²) < 4.78 is 5.89. The van der Waals surface area contributed by atoms with E-state index < -0.39 is 0 Å². The van der Waals surface area contributed by atoms with Crippen molar-refractivity contribution in [2.45, 2.75) is 64.0 Å². The van der Waals surface area contributed by atoms with Crippen molar-refractivity contribution in [3.05, 3.63) is 23.9 Å². The fourth-order valence-electron chi connectivity index (χ4n) is 2.60. The Balaban J connectivity index is 1.67. The Morgan fingerprint density at radius 2 is 1.95 bits per heavy atom. The van der Waals surface area contributed by atoms with Gasteiger partial charge in [-0.1, -0.05) is 26.8 Å². The largest absolute Gasteiger partial charge is 0.376 e. The van der Waals surface area contributed by atoms with Gasteiger partial charge in [0.15, 0.2) is 0 Å². The summed E-state index contributed by atoms with van der Waals surface area (Å²) in [4.78, 5) is 4.46. The van der Waals surface area contributed by atoms with E-state index in [2.05, 4.69) is 37.1 Å². The fraction of sp³-hybridized carbons (Fsp3) is 0.706. The van der Waals surface area contributed by atoms with Crippen LogP contribution in [0.15, 0.2) is 18.3 Å². The van der Waals surface area contributed by atoms with E-state index in [-0.39, 0.29) is 5.41 Å². The summed E-state index contributed by atoms with van der Waals surface area (Å²) in [6.07, 6.45) is 6.72. The standard InChI is InChI=1S/C17H29N3O/c1-17(2,3)13-4-9-16(20-12-13)19-10-11-21-15-7-5-14(18)6-8-15/h4,9,12,14-15H,5-8,10-11,18H2,1-3H3,(H,19,20). The monoisotopic (exact) mass is 291 g/mol. The zero-order valence-corrected chi connectivity index (χ0v) is 13.6. The summed E-state index contributed by atoms with van der Waals surface area (Å²) in [5, 5.41) is 3.31. The SMILES string of the molecule is CC(C)(C)c1ccc(NCCOC2CCC(N)CC2)nc1. The van der Waals surface area contributed by atoms with Crippen LogP contribution in [0, 0.1) is 0 Å². The highest BCUT2D eigenvalue weighted by Crippen LogP contribution is 2.22. The van der Waals surface area contributed by atoms with Crippen molar-refractivity contribution in [3.63, 3.8) is 0 Å². The van der Waals surface area contributed by atoms with Gasteiger partial charge in [-0.3, -0.25) is 0 Å². The molecule has 1 heterocycles. The predicted octanol–water partition coefficient (Wildman–Crippen LogP) is 3.08. The number of nitrogens with one attached hydrogen (secondary N) is 1. The van der Waals surface area contributed by atoms with Crippen LogP contribution >= 0.6 is 0 Å². The van der Waals surface area contributed by atoms with Crippen LogP contribution in [0.5, 0.6) is 0 Å². The summed E-state index contributed by atoms with van der Waals surface area (Å²) in [5.41, 5.74) is 7.30. The molecule has 1 saturated carbocycles. The van der Waals surface area contributed by atoms with Crippen molar-refractivity contribution in [2.24, 2.45) is 5.73 Å². The summed E-state index contributed by atoms with van der Waals surface area (Å²) in [5.74, 6) is 0.914. The number of ether oxygens (including phenoxy) is 1. The molecule has 0 amide bonds. The molecule has 1 aromatic heterocycles. The molecule has 4 nitrogen and oxygen atoms in total. The third-order valence-corrected chi connectivity index (χ3v) is 4.11. The number of anilines is 1. The molecule has 0 unspecified atom stereocenters. The average molecular weight is 291 g/mol. The molecule has 1 aliphatic carbocycles. The van der Waals surface area contributed by atoms with Crippen LogP contribution in [-0.4, -0.2) is 30.3 Å². The Kier molecular flexibility index (Phi) is 5.59. The molecule has 0 radical (unpaired) electrons. The smallest absolute Gasteiger partial charge is 0.125 e. The minimum Gasteiger partial charge on any atom is -0.376 e. The maximum Gasteiger partial charge on any atom is 0.125 e. The van der Waals surface area contributed by atoms with Crippen LogP contribution in [0.4, 0.5) is 5.82 Å². The number of aromatic nitrogens is 1. The van der Waals surface area contributed by atoms with E-state index in [0.29, 0.717) is 12.1 Å². The lowest BCUT2D eigenvalue weighted by Gasteiger charge is -2.26. The maximum absolute atomic E-state index is 5.89. The normalized spacial score (nSPS) is 23.0. The Hall–Kier alpha value is -1.13. The van der Waals surface area contributed by atoms with Gasteiger partial charge in [0.05, 0.1) is 12.7 Å². The molecule has 2 rings (SSSR count). The van der Waals surface area contributed by atoms with E-state index in [4.69, 9.17) is 10.5 Å². The van der Waals surface area contributed by atoms with Crippen LogP contribution < -0.4 is 11.1 Å². The molecule has 1 fully saturated rings. The number of nitrogens with two attached hydrogens (primary N) is 1. The predicted molar refractivity (Wildman–Crippen MR) is 87.6 cm³/mol. The van der Waals surface area contributed by atoms with E-state index in [1.54, 1.807) is 0 Å². The van der Waals surface area contributed by atoms with Gasteiger partial charge in [-0.25, -0.2) is 4.98 Å². The van der Waals surface area contributed by atoms with Gasteiger partial charge in [0.1, 0.15) is 5.82 Å². The second-order valence-corrected chi connectivity index (χ2v) is 7.02. The highest BCUT2D eigenvalue weighted by atomic mass is 16.5. The minimum atomic E-state index is 0.149. The van der Waals surface area contributed by atoms with Gasteiger partial charge in [0, 0.05) is 18.8 Å². The highest BCUT2D eigenvalue weighted by molar-refractivity contribution is 5.36. The van der Waals surface area contributed by atoms with Crippen LogP contribution in [0.25, 0.3) is 0 Å². The summed E-state index contributed by atoms with van der Waals surface area (Å²) >= 11 is 0. The summed E-state index contributed by atoms with van der Waals surface area (Å²) in [7, 11) is 0. The van der Waals surface area contributed by atoms with Crippen molar-refractivity contribution >= 4 is 5.82 Å². The Bertz CT molecular complexity index is 417. The Morgan fingerprint density at radius 3 is 2.52 bits per heavy atom. The molecule has 4 heteroatoms. The van der Waals surface area contributed by atoms with Gasteiger partial charge in [0.25, 0.3) is 0 Å². The molecule has 0 atom stereocenters. The topological polar surface area (TPSA) is 60.2 Å². The van der Waals surface area contributed by atoms with E-state index in [9.17, 15) is 0 Å². The molecular formula is C17H29N3O. The molecule has 0 bridgehead atoms. The lowest BCUT2D eigenvalue weighted by molar-refractivity contribution is 0.0313. The first-order chi connectivity index (χ1) is 9.95. The van der Waals surface area contributed by atoms with Crippen LogP contribution in [0.3, 0.4) is 0 Å². The second-order valence-electron chi connectivity index (χ2n) is 7.02. The van der Waals surface area contributed by atoms with Crippen molar-refractivity contribution in [2.75, 3.05) is 18.5 Å². The number of rotatable bonds is 5. The minimum absolute atomic E-state index is 0.149. The molecule has 0 aliphatic heterocycles. The highest BCUT2D eigenvalue weighted by Gasteiger charge is 2.18. The van der Waals surface area contributed by atoms with Crippen LogP contribution in [0.1, 0.15) is 52.0 Å². The third-order valence-electron chi connectivity index (χ3n) is 4.11. The third kappa shape index (κ3) is 5.29. The Morgan fingerprint density at radius 1 is 1.24 bits per heavy atom. The van der Waals surface area contributed by atoms with Crippen molar-refractivity contribution in [1.29, 1.82) is 0 Å². The summed E-state index contributed by atoms with van der Waals surface area (Å²) in [6, 6.07) is 4.56. The van der Waals surface area contributed by atoms with Crippen LogP contribution in [0.2, 0.25) is 0 Å². The zero-order chi connectivity index (χ0) is 15.3. The lowest BCUT2D eigenvalue weighted by atomic mass is 9.88. The van der Waals surface area contributed by atoms with Gasteiger partial charge in [0.2, 0.25) is 0 Å². The quantitative estimate of drug-likeness (QED) is 0.819. The second kappa shape index (κ2) is 7.23.